The van der Waals surface area contributed by atoms with E-state index >= 15 is 0 Å². The molecule has 3 aromatic rings. The van der Waals surface area contributed by atoms with E-state index in [4.69, 9.17) is 20.8 Å². The molecule has 3 N–H and O–H groups in total. The molecule has 1 aliphatic rings. The summed E-state index contributed by atoms with van der Waals surface area (Å²) in [5, 5.41) is 32.2. The van der Waals surface area contributed by atoms with Crippen LogP contribution in [0.25, 0.3) is 10.6 Å². The van der Waals surface area contributed by atoms with E-state index in [1.807, 2.05) is 6.07 Å². The van der Waals surface area contributed by atoms with E-state index in [9.17, 15) is 23.7 Å². The van der Waals surface area contributed by atoms with Gasteiger partial charge in [0.25, 0.3) is 0 Å². The standard InChI is InChI=1S/C21H22ClNO7S2/c1-32(27,28)10-15-18(24)19(25)20(26)21(30-15)11-4-5-13(22)12(7-11)8-17-23-9-16(31-17)14-3-2-6-29-14/h2-7,9,15,18-21,24-26H,8,10H2,1H3/t15-,18-,19+,20-,21+/m1/s1. The summed E-state index contributed by atoms with van der Waals surface area (Å²) >= 11 is 7.84. The van der Waals surface area contributed by atoms with Crippen molar-refractivity contribution < 1.29 is 32.9 Å². The Balaban J connectivity index is 1.58. The highest BCUT2D eigenvalue weighted by Crippen LogP contribution is 2.35. The molecule has 8 nitrogen and oxygen atoms in total. The van der Waals surface area contributed by atoms with Gasteiger partial charge in [-0.15, -0.1) is 11.3 Å². The smallest absolute Gasteiger partial charge is 0.150 e. The number of sulfone groups is 1. The number of benzene rings is 1. The largest absolute Gasteiger partial charge is 0.463 e. The summed E-state index contributed by atoms with van der Waals surface area (Å²) in [6.45, 7) is 0. The van der Waals surface area contributed by atoms with Crippen molar-refractivity contribution in [1.82, 2.24) is 4.98 Å². The van der Waals surface area contributed by atoms with Crippen molar-refractivity contribution in [3.05, 3.63) is 63.9 Å². The van der Waals surface area contributed by atoms with Crippen LogP contribution in [0.1, 0.15) is 22.2 Å². The average molecular weight is 500 g/mol. The lowest BCUT2D eigenvalue weighted by molar-refractivity contribution is -0.218. The van der Waals surface area contributed by atoms with Gasteiger partial charge in [-0.3, -0.25) is 0 Å². The van der Waals surface area contributed by atoms with Gasteiger partial charge in [-0.25, -0.2) is 13.4 Å². The number of aliphatic hydroxyl groups excluding tert-OH is 3. The molecule has 0 amide bonds. The Bertz CT molecular complexity index is 1180. The molecule has 172 valence electrons. The monoisotopic (exact) mass is 499 g/mol. The first-order valence-corrected chi connectivity index (χ1v) is 13.0. The van der Waals surface area contributed by atoms with Gasteiger partial charge in [0, 0.05) is 23.9 Å². The molecule has 0 radical (unpaired) electrons. The Morgan fingerprint density at radius 1 is 1.16 bits per heavy atom. The second kappa shape index (κ2) is 9.22. The number of hydrogen-bond donors (Lipinski definition) is 3. The molecule has 0 unspecified atom stereocenters. The van der Waals surface area contributed by atoms with E-state index < -0.39 is 46.1 Å². The number of aliphatic hydroxyl groups is 3. The van der Waals surface area contributed by atoms with Crippen LogP contribution in [0.15, 0.2) is 47.2 Å². The first-order chi connectivity index (χ1) is 15.1. The highest BCUT2D eigenvalue weighted by molar-refractivity contribution is 7.90. The fourth-order valence-electron chi connectivity index (χ4n) is 3.66. The van der Waals surface area contributed by atoms with Crippen LogP contribution in [0.3, 0.4) is 0 Å². The van der Waals surface area contributed by atoms with Crippen LogP contribution < -0.4 is 0 Å². The SMILES string of the molecule is CS(=O)(=O)C[C@H]1O[C@@H](c2ccc(Cl)c(Cc3ncc(-c4ccco4)s3)c2)[C@H](O)[C@@H](O)[C@@H]1O. The van der Waals surface area contributed by atoms with Gasteiger partial charge < -0.3 is 24.5 Å². The summed E-state index contributed by atoms with van der Waals surface area (Å²) in [5.74, 6) is 0.237. The Morgan fingerprint density at radius 3 is 2.62 bits per heavy atom. The summed E-state index contributed by atoms with van der Waals surface area (Å²) < 4.78 is 34.5. The lowest BCUT2D eigenvalue weighted by Crippen LogP contribution is -2.55. The molecule has 3 heterocycles. The summed E-state index contributed by atoms with van der Waals surface area (Å²) in [6.07, 6.45) is -2.01. The van der Waals surface area contributed by atoms with Crippen molar-refractivity contribution in [3.63, 3.8) is 0 Å². The molecule has 5 atom stereocenters. The number of rotatable bonds is 6. The van der Waals surface area contributed by atoms with Gasteiger partial charge in [-0.2, -0.15) is 0 Å². The molecule has 32 heavy (non-hydrogen) atoms. The highest BCUT2D eigenvalue weighted by atomic mass is 35.5. The molecule has 4 rings (SSSR count). The van der Waals surface area contributed by atoms with Gasteiger partial charge in [-0.1, -0.05) is 23.7 Å². The molecule has 1 saturated heterocycles. The van der Waals surface area contributed by atoms with E-state index in [-0.39, 0.29) is 0 Å². The van der Waals surface area contributed by atoms with Crippen LogP contribution in [0.5, 0.6) is 0 Å². The lowest BCUT2D eigenvalue weighted by Gasteiger charge is -2.40. The molecule has 0 saturated carbocycles. The van der Waals surface area contributed by atoms with Crippen LogP contribution in [-0.4, -0.2) is 65.1 Å². The van der Waals surface area contributed by atoms with Crippen LogP contribution in [-0.2, 0) is 21.0 Å². The number of hydrogen-bond acceptors (Lipinski definition) is 9. The molecular weight excluding hydrogens is 478 g/mol. The quantitative estimate of drug-likeness (QED) is 0.470. The molecule has 11 heteroatoms. The number of thiazole rings is 1. The topological polar surface area (TPSA) is 130 Å². The maximum atomic E-state index is 11.7. The fraction of sp³-hybridized carbons (Fsp3) is 0.381. The summed E-state index contributed by atoms with van der Waals surface area (Å²) in [6, 6.07) is 8.66. The summed E-state index contributed by atoms with van der Waals surface area (Å²) in [7, 11) is -3.49. The van der Waals surface area contributed by atoms with Crippen molar-refractivity contribution in [2.45, 2.75) is 36.9 Å². The van der Waals surface area contributed by atoms with Crippen molar-refractivity contribution >= 4 is 32.8 Å². The van der Waals surface area contributed by atoms with Gasteiger partial charge in [0.1, 0.15) is 46.1 Å². The molecule has 0 bridgehead atoms. The zero-order chi connectivity index (χ0) is 23.0. The van der Waals surface area contributed by atoms with Gasteiger partial charge in [0.2, 0.25) is 0 Å². The normalized spacial score (nSPS) is 26.3. The number of halogens is 1. The van der Waals surface area contributed by atoms with E-state index in [0.29, 0.717) is 17.0 Å². The van der Waals surface area contributed by atoms with Gasteiger partial charge in [-0.05, 0) is 29.3 Å². The summed E-state index contributed by atoms with van der Waals surface area (Å²) in [4.78, 5) is 5.30. The molecule has 1 aliphatic heterocycles. The zero-order valence-corrected chi connectivity index (χ0v) is 19.3. The Labute approximate surface area is 194 Å². The third-order valence-electron chi connectivity index (χ3n) is 5.24. The Hall–Kier alpha value is -1.79. The third kappa shape index (κ3) is 5.07. The van der Waals surface area contributed by atoms with Crippen LogP contribution in [0.4, 0.5) is 0 Å². The minimum Gasteiger partial charge on any atom is -0.463 e. The predicted molar refractivity (Wildman–Crippen MR) is 119 cm³/mol. The van der Waals surface area contributed by atoms with E-state index in [1.54, 1.807) is 36.7 Å². The van der Waals surface area contributed by atoms with Crippen LogP contribution in [0, 0.1) is 0 Å². The van der Waals surface area contributed by atoms with Gasteiger partial charge in [0.15, 0.2) is 0 Å². The first kappa shape index (κ1) is 23.4. The Morgan fingerprint density at radius 2 is 1.94 bits per heavy atom. The van der Waals surface area contributed by atoms with Crippen molar-refractivity contribution in [2.24, 2.45) is 0 Å². The molecule has 0 aliphatic carbocycles. The molecule has 0 spiro atoms. The first-order valence-electron chi connectivity index (χ1n) is 9.76. The van der Waals surface area contributed by atoms with Crippen molar-refractivity contribution in [2.75, 3.05) is 12.0 Å². The number of furan rings is 1. The maximum absolute atomic E-state index is 11.7. The van der Waals surface area contributed by atoms with Crippen molar-refractivity contribution in [1.29, 1.82) is 0 Å². The van der Waals surface area contributed by atoms with E-state index in [0.717, 1.165) is 27.5 Å². The molecule has 1 aromatic carbocycles. The lowest BCUT2D eigenvalue weighted by atomic mass is 9.90. The van der Waals surface area contributed by atoms with E-state index in [2.05, 4.69) is 4.98 Å². The zero-order valence-electron chi connectivity index (χ0n) is 17.0. The minimum atomic E-state index is -3.49. The molecule has 2 aromatic heterocycles. The number of nitrogens with zero attached hydrogens (tertiary/aromatic N) is 1. The van der Waals surface area contributed by atoms with Crippen LogP contribution >= 0.6 is 22.9 Å². The predicted octanol–water partition coefficient (Wildman–Crippen LogP) is 2.21. The highest BCUT2D eigenvalue weighted by Gasteiger charge is 2.45. The molecule has 1 fully saturated rings. The van der Waals surface area contributed by atoms with Gasteiger partial charge >= 0.3 is 0 Å². The second-order valence-electron chi connectivity index (χ2n) is 7.78. The summed E-state index contributed by atoms with van der Waals surface area (Å²) in [5.41, 5.74) is 1.23. The van der Waals surface area contributed by atoms with Crippen molar-refractivity contribution in [3.8, 4) is 10.6 Å². The number of aromatic nitrogens is 1. The molecular formula is C21H22ClNO7S2. The van der Waals surface area contributed by atoms with E-state index in [1.165, 1.54) is 11.3 Å². The fourth-order valence-corrected chi connectivity index (χ4v) is 5.62. The second-order valence-corrected chi connectivity index (χ2v) is 11.5. The van der Waals surface area contributed by atoms with Crippen LogP contribution in [0.2, 0.25) is 5.02 Å². The van der Waals surface area contributed by atoms with Gasteiger partial charge in [0.05, 0.1) is 21.9 Å². The Kier molecular flexibility index (Phi) is 6.73. The third-order valence-corrected chi connectivity index (χ3v) is 7.55. The maximum Gasteiger partial charge on any atom is 0.150 e. The number of ether oxygens (including phenoxy) is 1. The average Bonchev–Trinajstić information content (AvgIpc) is 3.41. The minimum absolute atomic E-state index is 0.415.